The molecule has 1 heterocycles. The second kappa shape index (κ2) is 8.00. The van der Waals surface area contributed by atoms with Crippen molar-refractivity contribution in [2.24, 2.45) is 0 Å². The van der Waals surface area contributed by atoms with E-state index in [4.69, 9.17) is 4.74 Å². The third-order valence-electron chi connectivity index (χ3n) is 4.70. The fourth-order valence-corrected chi connectivity index (χ4v) is 4.16. The summed E-state index contributed by atoms with van der Waals surface area (Å²) in [5.41, 5.74) is 1.52. The van der Waals surface area contributed by atoms with E-state index in [2.05, 4.69) is 0 Å². The third kappa shape index (κ3) is 4.42. The molecule has 0 radical (unpaired) electrons. The average Bonchev–Trinajstić information content (AvgIpc) is 3.21. The summed E-state index contributed by atoms with van der Waals surface area (Å²) >= 11 is 0. The van der Waals surface area contributed by atoms with E-state index < -0.39 is 10.0 Å². The lowest BCUT2D eigenvalue weighted by Gasteiger charge is -2.20. The molecule has 0 aromatic heterocycles. The molecule has 144 valence electrons. The van der Waals surface area contributed by atoms with Crippen LogP contribution in [0.4, 0.5) is 5.69 Å². The van der Waals surface area contributed by atoms with E-state index in [9.17, 15) is 13.2 Å². The quantitative estimate of drug-likeness (QED) is 0.763. The molecule has 0 saturated carbocycles. The first-order chi connectivity index (χ1) is 12.9. The van der Waals surface area contributed by atoms with Crippen molar-refractivity contribution in [3.63, 3.8) is 0 Å². The van der Waals surface area contributed by atoms with Crippen LogP contribution >= 0.6 is 0 Å². The van der Waals surface area contributed by atoms with Gasteiger partial charge in [0.1, 0.15) is 5.75 Å². The maximum Gasteiger partial charge on any atom is 0.264 e. The van der Waals surface area contributed by atoms with E-state index in [0.717, 1.165) is 31.5 Å². The van der Waals surface area contributed by atoms with Crippen LogP contribution in [-0.4, -0.2) is 46.0 Å². The molecule has 6 nitrogen and oxygen atoms in total. The minimum Gasteiger partial charge on any atom is -0.484 e. The van der Waals surface area contributed by atoms with E-state index in [1.165, 1.54) is 11.4 Å². The van der Waals surface area contributed by atoms with Gasteiger partial charge in [0.15, 0.2) is 6.61 Å². The summed E-state index contributed by atoms with van der Waals surface area (Å²) in [6.45, 7) is 3.50. The van der Waals surface area contributed by atoms with E-state index >= 15 is 0 Å². The van der Waals surface area contributed by atoms with Gasteiger partial charge in [-0.05, 0) is 56.2 Å². The van der Waals surface area contributed by atoms with Crippen molar-refractivity contribution in [2.45, 2.75) is 24.7 Å². The number of ether oxygens (including phenoxy) is 1. The van der Waals surface area contributed by atoms with E-state index in [1.807, 2.05) is 6.92 Å². The fourth-order valence-electron chi connectivity index (χ4n) is 2.96. The highest BCUT2D eigenvalue weighted by Gasteiger charge is 2.21. The van der Waals surface area contributed by atoms with Crippen LogP contribution in [0.25, 0.3) is 0 Å². The Morgan fingerprint density at radius 2 is 1.63 bits per heavy atom. The van der Waals surface area contributed by atoms with Gasteiger partial charge < -0.3 is 9.64 Å². The van der Waals surface area contributed by atoms with Crippen molar-refractivity contribution < 1.29 is 17.9 Å². The first-order valence-corrected chi connectivity index (χ1v) is 10.4. The van der Waals surface area contributed by atoms with Crippen molar-refractivity contribution in [1.82, 2.24) is 4.90 Å². The zero-order valence-corrected chi connectivity index (χ0v) is 16.4. The smallest absolute Gasteiger partial charge is 0.264 e. The molecule has 0 aliphatic carbocycles. The molecule has 2 aromatic rings. The molecule has 0 spiro atoms. The predicted octanol–water partition coefficient (Wildman–Crippen LogP) is 2.82. The first-order valence-electron chi connectivity index (χ1n) is 8.94. The van der Waals surface area contributed by atoms with Crippen molar-refractivity contribution in [3.8, 4) is 5.75 Å². The minimum absolute atomic E-state index is 0.00312. The highest BCUT2D eigenvalue weighted by molar-refractivity contribution is 7.92. The highest BCUT2D eigenvalue weighted by atomic mass is 32.2. The first kappa shape index (κ1) is 19.2. The van der Waals surface area contributed by atoms with Gasteiger partial charge in [-0.3, -0.25) is 9.10 Å². The third-order valence-corrected chi connectivity index (χ3v) is 6.50. The van der Waals surface area contributed by atoms with Crippen LogP contribution in [-0.2, 0) is 14.8 Å². The summed E-state index contributed by atoms with van der Waals surface area (Å²) in [4.78, 5) is 14.1. The van der Waals surface area contributed by atoms with Crippen molar-refractivity contribution in [3.05, 3.63) is 54.1 Å². The Balaban J connectivity index is 1.65. The van der Waals surface area contributed by atoms with Gasteiger partial charge in [-0.2, -0.15) is 0 Å². The number of rotatable bonds is 6. The lowest BCUT2D eigenvalue weighted by molar-refractivity contribution is -0.132. The molecule has 0 N–H and O–H groups in total. The lowest BCUT2D eigenvalue weighted by Crippen LogP contribution is -2.32. The van der Waals surface area contributed by atoms with Gasteiger partial charge in [-0.1, -0.05) is 17.7 Å². The number of carbonyl (C=O) groups excluding carboxylic acids is 1. The van der Waals surface area contributed by atoms with E-state index in [-0.39, 0.29) is 17.4 Å². The number of sulfonamides is 1. The molecule has 0 atom stereocenters. The van der Waals surface area contributed by atoms with E-state index in [1.54, 1.807) is 53.4 Å². The van der Waals surface area contributed by atoms with Gasteiger partial charge in [0.05, 0.1) is 10.6 Å². The van der Waals surface area contributed by atoms with Crippen LogP contribution in [0, 0.1) is 6.92 Å². The number of hydrogen-bond acceptors (Lipinski definition) is 4. The number of likely N-dealkylation sites (tertiary alicyclic amines) is 1. The van der Waals surface area contributed by atoms with Crippen LogP contribution in [0.5, 0.6) is 5.75 Å². The Kier molecular flexibility index (Phi) is 5.70. The molecule has 7 heteroatoms. The monoisotopic (exact) mass is 388 g/mol. The number of amides is 1. The number of nitrogens with zero attached hydrogens (tertiary/aromatic N) is 2. The number of carbonyl (C=O) groups is 1. The number of aryl methyl sites for hydroxylation is 1. The number of hydrogen-bond donors (Lipinski definition) is 0. The summed E-state index contributed by atoms with van der Waals surface area (Å²) in [5, 5.41) is 0. The molecular weight excluding hydrogens is 364 g/mol. The topological polar surface area (TPSA) is 66.9 Å². The number of benzene rings is 2. The maximum atomic E-state index is 12.7. The molecule has 0 bridgehead atoms. The normalized spacial score (nSPS) is 14.2. The summed E-state index contributed by atoms with van der Waals surface area (Å²) in [6.07, 6.45) is 2.09. The van der Waals surface area contributed by atoms with Gasteiger partial charge in [-0.15, -0.1) is 0 Å². The summed E-state index contributed by atoms with van der Waals surface area (Å²) in [5.74, 6) is 0.517. The van der Waals surface area contributed by atoms with Crippen LogP contribution in [0.3, 0.4) is 0 Å². The molecule has 1 aliphatic rings. The molecule has 3 rings (SSSR count). The van der Waals surface area contributed by atoms with E-state index in [0.29, 0.717) is 11.4 Å². The summed E-state index contributed by atoms with van der Waals surface area (Å²) in [7, 11) is -2.11. The Bertz CT molecular complexity index is 887. The van der Waals surface area contributed by atoms with Crippen LogP contribution in [0.15, 0.2) is 53.4 Å². The molecule has 0 unspecified atom stereocenters. The van der Waals surface area contributed by atoms with Crippen molar-refractivity contribution in [2.75, 3.05) is 31.0 Å². The van der Waals surface area contributed by atoms with Gasteiger partial charge in [0.25, 0.3) is 15.9 Å². The van der Waals surface area contributed by atoms with Gasteiger partial charge in [0.2, 0.25) is 0 Å². The van der Waals surface area contributed by atoms with Gasteiger partial charge >= 0.3 is 0 Å². The standard InChI is InChI=1S/C20H24N2O4S/c1-16-5-11-19(12-6-16)27(24,25)21(2)17-7-9-18(10-8-17)26-15-20(23)22-13-3-4-14-22/h5-12H,3-4,13-15H2,1-2H3. The molecule has 1 fully saturated rings. The molecule has 1 aliphatic heterocycles. The predicted molar refractivity (Wildman–Crippen MR) is 105 cm³/mol. The Morgan fingerprint density at radius 3 is 2.22 bits per heavy atom. The molecule has 27 heavy (non-hydrogen) atoms. The molecular formula is C20H24N2O4S. The van der Waals surface area contributed by atoms with Crippen LogP contribution in [0.1, 0.15) is 18.4 Å². The van der Waals surface area contributed by atoms with Crippen LogP contribution < -0.4 is 9.04 Å². The second-order valence-electron chi connectivity index (χ2n) is 6.66. The van der Waals surface area contributed by atoms with Crippen LogP contribution in [0.2, 0.25) is 0 Å². The SMILES string of the molecule is Cc1ccc(S(=O)(=O)N(C)c2ccc(OCC(=O)N3CCCC3)cc2)cc1. The fraction of sp³-hybridized carbons (Fsp3) is 0.350. The summed E-state index contributed by atoms with van der Waals surface area (Å²) < 4.78 is 32.2. The maximum absolute atomic E-state index is 12.7. The van der Waals surface area contributed by atoms with Gasteiger partial charge in [0, 0.05) is 20.1 Å². The Morgan fingerprint density at radius 1 is 1.04 bits per heavy atom. The highest BCUT2D eigenvalue weighted by Crippen LogP contribution is 2.24. The molecule has 1 amide bonds. The second-order valence-corrected chi connectivity index (χ2v) is 8.63. The Hall–Kier alpha value is -2.54. The minimum atomic E-state index is -3.63. The molecule has 1 saturated heterocycles. The van der Waals surface area contributed by atoms with Crippen molar-refractivity contribution >= 4 is 21.6 Å². The largest absolute Gasteiger partial charge is 0.484 e. The summed E-state index contributed by atoms with van der Waals surface area (Å²) in [6, 6.07) is 13.4. The van der Waals surface area contributed by atoms with Crippen molar-refractivity contribution in [1.29, 1.82) is 0 Å². The zero-order valence-electron chi connectivity index (χ0n) is 15.6. The zero-order chi connectivity index (χ0) is 19.4. The van der Waals surface area contributed by atoms with Gasteiger partial charge in [-0.25, -0.2) is 8.42 Å². The Labute approximate surface area is 160 Å². The lowest BCUT2D eigenvalue weighted by atomic mass is 10.2. The molecule has 2 aromatic carbocycles. The average molecular weight is 388 g/mol. The number of anilines is 1.